The second kappa shape index (κ2) is 6.19. The highest BCUT2D eigenvalue weighted by Crippen LogP contribution is 2.31. The van der Waals surface area contributed by atoms with E-state index in [0.29, 0.717) is 17.9 Å². The van der Waals surface area contributed by atoms with E-state index >= 15 is 0 Å². The number of hydrogen-bond acceptors (Lipinski definition) is 2. The van der Waals surface area contributed by atoms with Crippen molar-refractivity contribution in [1.29, 1.82) is 0 Å². The Morgan fingerprint density at radius 2 is 2.05 bits per heavy atom. The molecule has 2 aromatic rings. The maximum Gasteiger partial charge on any atom is 0.251 e. The van der Waals surface area contributed by atoms with Gasteiger partial charge in [0, 0.05) is 18.2 Å². The maximum atomic E-state index is 13.3. The molecule has 0 radical (unpaired) electrons. The van der Waals surface area contributed by atoms with Crippen LogP contribution in [-0.2, 0) is 0 Å². The lowest BCUT2D eigenvalue weighted by atomic mass is 10.0. The number of halogens is 1. The van der Waals surface area contributed by atoms with E-state index in [1.165, 1.54) is 12.1 Å². The van der Waals surface area contributed by atoms with Gasteiger partial charge in [-0.15, -0.1) is 0 Å². The summed E-state index contributed by atoms with van der Waals surface area (Å²) in [7, 11) is 1.57. The Balaban J connectivity index is 2.50. The van der Waals surface area contributed by atoms with Gasteiger partial charge in [-0.05, 0) is 42.8 Å². The first-order valence-electron chi connectivity index (χ1n) is 6.40. The molecular formula is C16H16FNO2. The molecule has 4 heteroatoms. The Bertz CT molecular complexity index is 626. The van der Waals surface area contributed by atoms with Crippen LogP contribution in [0.4, 0.5) is 4.39 Å². The molecule has 2 aromatic carbocycles. The van der Waals surface area contributed by atoms with Crippen molar-refractivity contribution in [2.24, 2.45) is 0 Å². The molecule has 0 aliphatic carbocycles. The highest BCUT2D eigenvalue weighted by Gasteiger charge is 2.11. The van der Waals surface area contributed by atoms with Gasteiger partial charge in [-0.25, -0.2) is 4.39 Å². The molecule has 3 nitrogen and oxygen atoms in total. The smallest absolute Gasteiger partial charge is 0.251 e. The number of hydrogen-bond donors (Lipinski definition) is 1. The summed E-state index contributed by atoms with van der Waals surface area (Å²) in [6.45, 7) is 2.33. The Morgan fingerprint density at radius 3 is 2.70 bits per heavy atom. The number of benzene rings is 2. The average molecular weight is 273 g/mol. The molecule has 0 fully saturated rings. The van der Waals surface area contributed by atoms with Gasteiger partial charge < -0.3 is 10.1 Å². The van der Waals surface area contributed by atoms with Crippen LogP contribution < -0.4 is 10.1 Å². The fourth-order valence-electron chi connectivity index (χ4n) is 1.98. The number of ether oxygens (including phenoxy) is 1. The number of carbonyl (C=O) groups is 1. The molecule has 0 aliphatic rings. The molecule has 1 amide bonds. The van der Waals surface area contributed by atoms with Crippen LogP contribution in [0.15, 0.2) is 42.5 Å². The Kier molecular flexibility index (Phi) is 4.35. The Labute approximate surface area is 117 Å². The quantitative estimate of drug-likeness (QED) is 0.928. The summed E-state index contributed by atoms with van der Waals surface area (Å²) in [5.41, 5.74) is 1.99. The van der Waals surface area contributed by atoms with E-state index in [2.05, 4.69) is 5.32 Å². The maximum absolute atomic E-state index is 13.3. The topological polar surface area (TPSA) is 38.3 Å². The molecule has 0 unspecified atom stereocenters. The van der Waals surface area contributed by atoms with Crippen LogP contribution >= 0.6 is 0 Å². The largest absolute Gasteiger partial charge is 0.493 e. The van der Waals surface area contributed by atoms with Gasteiger partial charge in [0.15, 0.2) is 0 Å². The van der Waals surface area contributed by atoms with Crippen LogP contribution in [0, 0.1) is 5.82 Å². The van der Waals surface area contributed by atoms with E-state index in [1.54, 1.807) is 37.4 Å². The summed E-state index contributed by atoms with van der Waals surface area (Å²) >= 11 is 0. The second-order valence-electron chi connectivity index (χ2n) is 4.23. The van der Waals surface area contributed by atoms with Crippen molar-refractivity contribution < 1.29 is 13.9 Å². The van der Waals surface area contributed by atoms with E-state index in [4.69, 9.17) is 4.74 Å². The summed E-state index contributed by atoms with van der Waals surface area (Å²) < 4.78 is 18.9. The molecule has 20 heavy (non-hydrogen) atoms. The van der Waals surface area contributed by atoms with Gasteiger partial charge in [-0.3, -0.25) is 4.79 Å². The summed E-state index contributed by atoms with van der Waals surface area (Å²) in [5, 5.41) is 2.56. The molecule has 0 aromatic heterocycles. The van der Waals surface area contributed by atoms with Gasteiger partial charge in [0.25, 0.3) is 5.91 Å². The van der Waals surface area contributed by atoms with E-state index in [-0.39, 0.29) is 11.7 Å². The number of nitrogens with one attached hydrogen (secondary N) is 1. The second-order valence-corrected chi connectivity index (χ2v) is 4.23. The van der Waals surface area contributed by atoms with Gasteiger partial charge in [0.05, 0.1) is 6.61 Å². The minimum absolute atomic E-state index is 0.184. The van der Waals surface area contributed by atoms with Gasteiger partial charge in [0.1, 0.15) is 11.6 Å². The van der Waals surface area contributed by atoms with Crippen molar-refractivity contribution in [1.82, 2.24) is 5.32 Å². The van der Waals surface area contributed by atoms with Crippen LogP contribution in [0.1, 0.15) is 17.3 Å². The van der Waals surface area contributed by atoms with Crippen molar-refractivity contribution in [2.45, 2.75) is 6.92 Å². The predicted molar refractivity (Wildman–Crippen MR) is 76.4 cm³/mol. The van der Waals surface area contributed by atoms with E-state index in [9.17, 15) is 9.18 Å². The van der Waals surface area contributed by atoms with Crippen LogP contribution in [0.3, 0.4) is 0 Å². The van der Waals surface area contributed by atoms with Crippen LogP contribution in [0.25, 0.3) is 11.1 Å². The first kappa shape index (κ1) is 14.1. The minimum Gasteiger partial charge on any atom is -0.493 e. The molecule has 0 aliphatic heterocycles. The number of amides is 1. The summed E-state index contributed by atoms with van der Waals surface area (Å²) in [4.78, 5) is 11.6. The van der Waals surface area contributed by atoms with Gasteiger partial charge in [-0.1, -0.05) is 12.1 Å². The highest BCUT2D eigenvalue weighted by molar-refractivity contribution is 5.95. The lowest BCUT2D eigenvalue weighted by Crippen LogP contribution is -2.17. The van der Waals surface area contributed by atoms with Crippen LogP contribution in [0.5, 0.6) is 5.75 Å². The van der Waals surface area contributed by atoms with E-state index in [0.717, 1.165) is 11.1 Å². The zero-order chi connectivity index (χ0) is 14.5. The fraction of sp³-hybridized carbons (Fsp3) is 0.188. The van der Waals surface area contributed by atoms with E-state index in [1.807, 2.05) is 6.92 Å². The van der Waals surface area contributed by atoms with Gasteiger partial charge in [-0.2, -0.15) is 0 Å². The number of carbonyl (C=O) groups excluding carboxylic acids is 1. The van der Waals surface area contributed by atoms with Gasteiger partial charge >= 0.3 is 0 Å². The minimum atomic E-state index is -0.305. The molecular weight excluding hydrogens is 257 g/mol. The highest BCUT2D eigenvalue weighted by atomic mass is 19.1. The zero-order valence-electron chi connectivity index (χ0n) is 11.4. The lowest BCUT2D eigenvalue weighted by Gasteiger charge is -2.12. The molecule has 0 bridgehead atoms. The summed E-state index contributed by atoms with van der Waals surface area (Å²) in [6.07, 6.45) is 0. The number of rotatable bonds is 4. The van der Waals surface area contributed by atoms with Crippen molar-refractivity contribution in [3.05, 3.63) is 53.8 Å². The lowest BCUT2D eigenvalue weighted by molar-refractivity contribution is 0.0962. The molecule has 1 N–H and O–H groups in total. The van der Waals surface area contributed by atoms with Crippen molar-refractivity contribution in [2.75, 3.05) is 13.7 Å². The van der Waals surface area contributed by atoms with Crippen molar-refractivity contribution in [3.63, 3.8) is 0 Å². The Morgan fingerprint density at radius 1 is 1.25 bits per heavy atom. The average Bonchev–Trinajstić information content (AvgIpc) is 2.46. The molecule has 0 saturated carbocycles. The first-order valence-corrected chi connectivity index (χ1v) is 6.40. The standard InChI is InChI=1S/C16H16FNO2/c1-3-20-15-10-12(16(19)18-2)7-8-14(15)11-5-4-6-13(17)9-11/h4-10H,3H2,1-2H3,(H,18,19). The molecule has 104 valence electrons. The van der Waals surface area contributed by atoms with Crippen LogP contribution in [0.2, 0.25) is 0 Å². The predicted octanol–water partition coefficient (Wildman–Crippen LogP) is 3.25. The van der Waals surface area contributed by atoms with Crippen molar-refractivity contribution in [3.8, 4) is 16.9 Å². The summed E-state index contributed by atoms with van der Waals surface area (Å²) in [6, 6.07) is 11.4. The van der Waals surface area contributed by atoms with Crippen LogP contribution in [-0.4, -0.2) is 19.6 Å². The molecule has 0 atom stereocenters. The van der Waals surface area contributed by atoms with E-state index < -0.39 is 0 Å². The fourth-order valence-corrected chi connectivity index (χ4v) is 1.98. The van der Waals surface area contributed by atoms with Crippen molar-refractivity contribution >= 4 is 5.91 Å². The Hall–Kier alpha value is -2.36. The third-order valence-corrected chi connectivity index (χ3v) is 2.91. The first-order chi connectivity index (χ1) is 9.65. The molecule has 0 heterocycles. The third-order valence-electron chi connectivity index (χ3n) is 2.91. The monoisotopic (exact) mass is 273 g/mol. The molecule has 0 spiro atoms. The summed E-state index contributed by atoms with van der Waals surface area (Å²) in [5.74, 6) is 0.0799. The van der Waals surface area contributed by atoms with Gasteiger partial charge in [0.2, 0.25) is 0 Å². The normalized spacial score (nSPS) is 10.2. The third kappa shape index (κ3) is 2.96. The molecule has 0 saturated heterocycles. The SMILES string of the molecule is CCOc1cc(C(=O)NC)ccc1-c1cccc(F)c1. The zero-order valence-corrected chi connectivity index (χ0v) is 11.4. The molecule has 2 rings (SSSR count).